The highest BCUT2D eigenvalue weighted by atomic mass is 32.1. The van der Waals surface area contributed by atoms with E-state index in [9.17, 15) is 4.79 Å². The first-order valence-electron chi connectivity index (χ1n) is 9.59. The van der Waals surface area contributed by atoms with Crippen molar-refractivity contribution < 1.29 is 14.3 Å². The fraction of sp³-hybridized carbons (Fsp3) is 0.261. The summed E-state index contributed by atoms with van der Waals surface area (Å²) >= 11 is 1.72. The zero-order valence-electron chi connectivity index (χ0n) is 16.6. The molecule has 4 rings (SSSR count). The third-order valence-electron chi connectivity index (χ3n) is 5.28. The second-order valence-electron chi connectivity index (χ2n) is 6.88. The number of ether oxygens (including phenoxy) is 2. The molecule has 0 fully saturated rings. The van der Waals surface area contributed by atoms with Gasteiger partial charge in [-0.2, -0.15) is 0 Å². The number of methoxy groups -OCH3 is 2. The molecule has 0 bridgehead atoms. The lowest BCUT2D eigenvalue weighted by molar-refractivity contribution is 0.0948. The Hall–Kier alpha value is -2.99. The zero-order chi connectivity index (χ0) is 20.2. The van der Waals surface area contributed by atoms with Crippen LogP contribution >= 0.6 is 11.3 Å². The van der Waals surface area contributed by atoms with Crippen LogP contribution in [0.2, 0.25) is 0 Å². The molecule has 2 heterocycles. The number of nitrogens with zero attached hydrogens (tertiary/aromatic N) is 1. The molecule has 29 heavy (non-hydrogen) atoms. The Morgan fingerprint density at radius 3 is 2.76 bits per heavy atom. The van der Waals surface area contributed by atoms with Crippen molar-refractivity contribution in [1.29, 1.82) is 0 Å². The van der Waals surface area contributed by atoms with Crippen molar-refractivity contribution in [2.45, 2.75) is 12.5 Å². The van der Waals surface area contributed by atoms with Crippen molar-refractivity contribution in [2.75, 3.05) is 32.2 Å². The van der Waals surface area contributed by atoms with Crippen molar-refractivity contribution in [1.82, 2.24) is 5.32 Å². The highest BCUT2D eigenvalue weighted by Gasteiger charge is 2.28. The summed E-state index contributed by atoms with van der Waals surface area (Å²) in [5.41, 5.74) is 3.11. The van der Waals surface area contributed by atoms with Crippen LogP contribution in [0.4, 0.5) is 5.69 Å². The average Bonchev–Trinajstić information content (AvgIpc) is 3.44. The first-order valence-corrected chi connectivity index (χ1v) is 10.5. The van der Waals surface area contributed by atoms with Crippen LogP contribution in [0, 0.1) is 0 Å². The fourth-order valence-corrected chi connectivity index (χ4v) is 4.64. The number of thiophene rings is 1. The average molecular weight is 409 g/mol. The molecule has 1 atom stereocenters. The topological polar surface area (TPSA) is 50.8 Å². The number of nitrogens with one attached hydrogen (secondary N) is 1. The van der Waals surface area contributed by atoms with E-state index in [1.807, 2.05) is 0 Å². The van der Waals surface area contributed by atoms with E-state index >= 15 is 0 Å². The molecule has 150 valence electrons. The molecule has 1 aliphatic heterocycles. The monoisotopic (exact) mass is 408 g/mol. The molecule has 1 aromatic heterocycles. The van der Waals surface area contributed by atoms with Crippen LogP contribution in [-0.4, -0.2) is 33.2 Å². The normalized spacial score (nSPS) is 13.7. The maximum atomic E-state index is 12.9. The highest BCUT2D eigenvalue weighted by Crippen LogP contribution is 2.36. The molecule has 6 heteroatoms. The number of para-hydroxylation sites is 1. The lowest BCUT2D eigenvalue weighted by Gasteiger charge is -2.30. The van der Waals surface area contributed by atoms with Gasteiger partial charge in [0.2, 0.25) is 0 Å². The van der Waals surface area contributed by atoms with Gasteiger partial charge in [0.05, 0.1) is 25.8 Å². The molecular formula is C23H24N2O3S. The number of carbonyl (C=O) groups is 1. The fourth-order valence-electron chi connectivity index (χ4n) is 3.80. The summed E-state index contributed by atoms with van der Waals surface area (Å²) in [5, 5.41) is 5.19. The number of hydrogen-bond donors (Lipinski definition) is 1. The Labute approximate surface area is 174 Å². The lowest BCUT2D eigenvalue weighted by Crippen LogP contribution is -2.37. The Bertz CT molecular complexity index is 988. The van der Waals surface area contributed by atoms with Crippen LogP contribution in [0.5, 0.6) is 11.5 Å². The number of fused-ring (bicyclic) bond motifs is 1. The second-order valence-corrected chi connectivity index (χ2v) is 7.86. The van der Waals surface area contributed by atoms with Gasteiger partial charge in [-0.15, -0.1) is 11.3 Å². The van der Waals surface area contributed by atoms with E-state index in [-0.39, 0.29) is 11.9 Å². The molecule has 0 aliphatic carbocycles. The minimum absolute atomic E-state index is 0.0897. The van der Waals surface area contributed by atoms with E-state index in [1.165, 1.54) is 16.1 Å². The van der Waals surface area contributed by atoms with Gasteiger partial charge in [0.1, 0.15) is 11.5 Å². The highest BCUT2D eigenvalue weighted by molar-refractivity contribution is 7.10. The van der Waals surface area contributed by atoms with E-state index in [2.05, 4.69) is 52.0 Å². The number of carbonyl (C=O) groups excluding carboxylic acids is 1. The molecule has 1 amide bonds. The molecule has 0 saturated heterocycles. The summed E-state index contributed by atoms with van der Waals surface area (Å²) in [6.45, 7) is 1.46. The van der Waals surface area contributed by atoms with Gasteiger partial charge in [-0.3, -0.25) is 4.79 Å². The van der Waals surface area contributed by atoms with Crippen molar-refractivity contribution in [2.24, 2.45) is 0 Å². The van der Waals surface area contributed by atoms with Gasteiger partial charge in [0, 0.05) is 29.7 Å². The van der Waals surface area contributed by atoms with Crippen LogP contribution in [0.25, 0.3) is 0 Å². The third kappa shape index (κ3) is 3.93. The maximum absolute atomic E-state index is 12.9. The predicted molar refractivity (Wildman–Crippen MR) is 116 cm³/mol. The summed E-state index contributed by atoms with van der Waals surface area (Å²) in [5.74, 6) is 1.00. The van der Waals surface area contributed by atoms with Gasteiger partial charge in [-0.25, -0.2) is 0 Å². The van der Waals surface area contributed by atoms with E-state index in [1.54, 1.807) is 43.8 Å². The van der Waals surface area contributed by atoms with Crippen molar-refractivity contribution in [3.05, 3.63) is 76.0 Å². The Kier molecular flexibility index (Phi) is 5.71. The predicted octanol–water partition coefficient (Wildman–Crippen LogP) is 4.30. The molecule has 0 saturated carbocycles. The minimum Gasteiger partial charge on any atom is -0.497 e. The standard InChI is InChI=1S/C23H24N2O3S/c1-27-17-9-10-18(21(14-17)28-2)23(26)24-15-20(22-8-5-13-29-22)25-12-11-16-6-3-4-7-19(16)25/h3-10,13-14,20H,11-12,15H2,1-2H3,(H,24,26)/t20-/m0/s1. The Morgan fingerprint density at radius 1 is 1.14 bits per heavy atom. The largest absolute Gasteiger partial charge is 0.497 e. The first-order chi connectivity index (χ1) is 14.2. The van der Waals surface area contributed by atoms with Crippen LogP contribution in [0.1, 0.15) is 26.8 Å². The van der Waals surface area contributed by atoms with Gasteiger partial charge in [-0.05, 0) is 41.6 Å². The number of anilines is 1. The number of rotatable bonds is 7. The first kappa shape index (κ1) is 19.3. The molecule has 3 aromatic rings. The molecule has 1 N–H and O–H groups in total. The quantitative estimate of drug-likeness (QED) is 0.633. The van der Waals surface area contributed by atoms with E-state index in [4.69, 9.17) is 9.47 Å². The smallest absolute Gasteiger partial charge is 0.255 e. The molecule has 2 aromatic carbocycles. The van der Waals surface area contributed by atoms with Gasteiger partial charge in [-0.1, -0.05) is 24.3 Å². The Morgan fingerprint density at radius 2 is 2.00 bits per heavy atom. The van der Waals surface area contributed by atoms with E-state index in [0.717, 1.165) is 13.0 Å². The van der Waals surface area contributed by atoms with Crippen molar-refractivity contribution >= 4 is 22.9 Å². The molecule has 0 spiro atoms. The molecule has 0 radical (unpaired) electrons. The van der Waals surface area contributed by atoms with Crippen molar-refractivity contribution in [3.63, 3.8) is 0 Å². The lowest BCUT2D eigenvalue weighted by atomic mass is 10.1. The summed E-state index contributed by atoms with van der Waals surface area (Å²) in [7, 11) is 3.15. The molecule has 1 aliphatic rings. The summed E-state index contributed by atoms with van der Waals surface area (Å²) in [4.78, 5) is 16.5. The maximum Gasteiger partial charge on any atom is 0.255 e. The molecule has 5 nitrogen and oxygen atoms in total. The number of amides is 1. The Balaban J connectivity index is 1.55. The molecule has 0 unspecified atom stereocenters. The van der Waals surface area contributed by atoms with Gasteiger partial charge >= 0.3 is 0 Å². The molecular weight excluding hydrogens is 384 g/mol. The van der Waals surface area contributed by atoms with Gasteiger partial charge in [0.15, 0.2) is 0 Å². The van der Waals surface area contributed by atoms with Crippen LogP contribution < -0.4 is 19.7 Å². The second kappa shape index (κ2) is 8.57. The summed E-state index contributed by atoms with van der Waals surface area (Å²) in [6, 6.07) is 18.0. The number of hydrogen-bond acceptors (Lipinski definition) is 5. The summed E-state index contributed by atoms with van der Waals surface area (Å²) < 4.78 is 10.6. The van der Waals surface area contributed by atoms with Gasteiger partial charge < -0.3 is 19.7 Å². The SMILES string of the molecule is COc1ccc(C(=O)NC[C@@H](c2cccs2)N2CCc3ccccc32)c(OC)c1. The van der Waals surface area contributed by atoms with Crippen LogP contribution in [0.15, 0.2) is 60.0 Å². The number of benzene rings is 2. The van der Waals surface area contributed by atoms with Crippen molar-refractivity contribution in [3.8, 4) is 11.5 Å². The van der Waals surface area contributed by atoms with E-state index in [0.29, 0.717) is 23.6 Å². The van der Waals surface area contributed by atoms with Crippen LogP contribution in [0.3, 0.4) is 0 Å². The zero-order valence-corrected chi connectivity index (χ0v) is 17.4. The van der Waals surface area contributed by atoms with E-state index < -0.39 is 0 Å². The third-order valence-corrected chi connectivity index (χ3v) is 6.25. The van der Waals surface area contributed by atoms with Crippen LogP contribution in [-0.2, 0) is 6.42 Å². The van der Waals surface area contributed by atoms with Gasteiger partial charge in [0.25, 0.3) is 5.91 Å². The minimum atomic E-state index is -0.154. The summed E-state index contributed by atoms with van der Waals surface area (Å²) in [6.07, 6.45) is 1.03.